The number of aryl methyl sites for hydroxylation is 1. The maximum absolute atomic E-state index is 5.82. The number of benzene rings is 1. The van der Waals surface area contributed by atoms with Crippen molar-refractivity contribution in [2.45, 2.75) is 53.0 Å². The van der Waals surface area contributed by atoms with E-state index in [2.05, 4.69) is 84.6 Å². The molecule has 0 unspecified atom stereocenters. The molecule has 3 aromatic rings. The first kappa shape index (κ1) is 20.0. The summed E-state index contributed by atoms with van der Waals surface area (Å²) in [5.74, 6) is 2.29. The van der Waals surface area contributed by atoms with Crippen molar-refractivity contribution in [2.75, 3.05) is 13.1 Å². The number of H-pyrrole nitrogens is 1. The number of rotatable bonds is 6. The van der Waals surface area contributed by atoms with Crippen LogP contribution in [0.4, 0.5) is 0 Å². The molecule has 0 bridgehead atoms. The highest BCUT2D eigenvalue weighted by Gasteiger charge is 2.19. The molecule has 2 aromatic heterocycles. The molecule has 0 fully saturated rings. The molecule has 0 amide bonds. The van der Waals surface area contributed by atoms with E-state index >= 15 is 0 Å². The molecule has 1 aromatic carbocycles. The Balaban J connectivity index is 1.59. The third kappa shape index (κ3) is 4.94. The van der Waals surface area contributed by atoms with Crippen molar-refractivity contribution in [1.82, 2.24) is 20.6 Å². The highest BCUT2D eigenvalue weighted by molar-refractivity contribution is 5.84. The summed E-state index contributed by atoms with van der Waals surface area (Å²) in [4.78, 5) is 12.3. The second kappa shape index (κ2) is 8.50. The Kier molecular flexibility index (Phi) is 6.07. The van der Waals surface area contributed by atoms with E-state index in [-0.39, 0.29) is 5.41 Å². The summed E-state index contributed by atoms with van der Waals surface area (Å²) in [7, 11) is 0. The minimum atomic E-state index is -0.0460. The van der Waals surface area contributed by atoms with Gasteiger partial charge >= 0.3 is 0 Å². The van der Waals surface area contributed by atoms with Gasteiger partial charge in [-0.1, -0.05) is 32.9 Å². The van der Waals surface area contributed by atoms with Gasteiger partial charge in [-0.3, -0.25) is 0 Å². The molecule has 0 aliphatic heterocycles. The Morgan fingerprint density at radius 1 is 1.25 bits per heavy atom. The van der Waals surface area contributed by atoms with Crippen LogP contribution >= 0.6 is 0 Å². The fourth-order valence-corrected chi connectivity index (χ4v) is 3.04. The van der Waals surface area contributed by atoms with Crippen molar-refractivity contribution < 1.29 is 4.42 Å². The summed E-state index contributed by atoms with van der Waals surface area (Å²) in [6, 6.07) is 6.52. The number of aliphatic imine (C=N–C) groups is 1. The molecule has 0 saturated heterocycles. The minimum absolute atomic E-state index is 0.0460. The molecule has 0 aliphatic rings. The van der Waals surface area contributed by atoms with Gasteiger partial charge in [0.25, 0.3) is 0 Å². The quantitative estimate of drug-likeness (QED) is 0.444. The van der Waals surface area contributed by atoms with Crippen LogP contribution in [0.15, 0.2) is 40.0 Å². The molecule has 0 spiro atoms. The lowest BCUT2D eigenvalue weighted by molar-refractivity contribution is 0.383. The van der Waals surface area contributed by atoms with E-state index < -0.39 is 0 Å². The monoisotopic (exact) mass is 381 g/mol. The molecular weight excluding hydrogens is 350 g/mol. The Morgan fingerprint density at radius 3 is 2.79 bits per heavy atom. The zero-order chi connectivity index (χ0) is 20.1. The summed E-state index contributed by atoms with van der Waals surface area (Å²) in [5.41, 5.74) is 3.71. The van der Waals surface area contributed by atoms with Gasteiger partial charge < -0.3 is 20.0 Å². The van der Waals surface area contributed by atoms with Gasteiger partial charge in [-0.25, -0.2) is 9.98 Å². The van der Waals surface area contributed by atoms with Gasteiger partial charge in [0.05, 0.1) is 6.20 Å². The average Bonchev–Trinajstić information content (AvgIpc) is 3.26. The number of aromatic amines is 1. The van der Waals surface area contributed by atoms with Crippen LogP contribution in [0, 0.1) is 6.92 Å². The van der Waals surface area contributed by atoms with Gasteiger partial charge in [0.15, 0.2) is 5.96 Å². The number of aromatic nitrogens is 2. The van der Waals surface area contributed by atoms with Crippen molar-refractivity contribution in [1.29, 1.82) is 0 Å². The number of oxazole rings is 1. The van der Waals surface area contributed by atoms with Crippen molar-refractivity contribution in [3.8, 4) is 0 Å². The van der Waals surface area contributed by atoms with Crippen molar-refractivity contribution >= 4 is 16.9 Å². The van der Waals surface area contributed by atoms with E-state index in [0.717, 1.165) is 31.2 Å². The van der Waals surface area contributed by atoms with E-state index in [1.54, 1.807) is 6.20 Å². The lowest BCUT2D eigenvalue weighted by Crippen LogP contribution is -2.38. The number of hydrogen-bond donors (Lipinski definition) is 3. The molecule has 3 rings (SSSR count). The molecule has 0 aliphatic carbocycles. The number of fused-ring (bicyclic) bond motifs is 1. The Morgan fingerprint density at radius 2 is 2.07 bits per heavy atom. The molecular formula is C22H31N5O. The average molecular weight is 382 g/mol. The third-order valence-corrected chi connectivity index (χ3v) is 4.62. The maximum Gasteiger partial charge on any atom is 0.216 e. The van der Waals surface area contributed by atoms with Gasteiger partial charge in [0.2, 0.25) is 5.89 Å². The number of nitrogens with zero attached hydrogens (tertiary/aromatic N) is 2. The third-order valence-electron chi connectivity index (χ3n) is 4.62. The van der Waals surface area contributed by atoms with Crippen LogP contribution in [0.1, 0.15) is 50.5 Å². The Hall–Kier alpha value is -2.76. The standard InChI is InChI=1S/C22H31N5O/c1-6-23-21(27-14-20-26-13-19(28-20)22(3,4)5)24-10-9-16-12-25-18-11-15(2)7-8-17(16)18/h7-8,11-13,25H,6,9-10,14H2,1-5H3,(H2,23,24,27). The molecule has 0 atom stereocenters. The highest BCUT2D eigenvalue weighted by atomic mass is 16.4. The second-order valence-electron chi connectivity index (χ2n) is 8.10. The van der Waals surface area contributed by atoms with Gasteiger partial charge in [0, 0.05) is 35.6 Å². The van der Waals surface area contributed by atoms with Crippen LogP contribution in [-0.2, 0) is 18.4 Å². The SMILES string of the molecule is CCNC(=NCc1ncc(C(C)(C)C)o1)NCCc1c[nH]c2cc(C)ccc12. The molecule has 6 nitrogen and oxygen atoms in total. The highest BCUT2D eigenvalue weighted by Crippen LogP contribution is 2.23. The fraction of sp³-hybridized carbons (Fsp3) is 0.455. The topological polar surface area (TPSA) is 78.2 Å². The van der Waals surface area contributed by atoms with E-state index in [4.69, 9.17) is 4.42 Å². The van der Waals surface area contributed by atoms with Gasteiger partial charge in [-0.05, 0) is 37.5 Å². The van der Waals surface area contributed by atoms with E-state index in [0.29, 0.717) is 12.4 Å². The van der Waals surface area contributed by atoms with E-state index in [9.17, 15) is 0 Å². The molecule has 150 valence electrons. The number of hydrogen-bond acceptors (Lipinski definition) is 3. The van der Waals surface area contributed by atoms with Crippen molar-refractivity contribution in [2.24, 2.45) is 4.99 Å². The molecule has 28 heavy (non-hydrogen) atoms. The number of guanidine groups is 1. The normalized spacial score (nSPS) is 12.5. The fourth-order valence-electron chi connectivity index (χ4n) is 3.04. The lowest BCUT2D eigenvalue weighted by atomic mass is 9.94. The zero-order valence-corrected chi connectivity index (χ0v) is 17.5. The first-order valence-electron chi connectivity index (χ1n) is 9.91. The van der Waals surface area contributed by atoms with Crippen molar-refractivity contribution in [3.05, 3.63) is 53.4 Å². The van der Waals surface area contributed by atoms with Crippen LogP contribution in [0.2, 0.25) is 0 Å². The predicted octanol–water partition coefficient (Wildman–Crippen LogP) is 4.06. The minimum Gasteiger partial charge on any atom is -0.443 e. The molecule has 6 heteroatoms. The Labute approximate surface area is 166 Å². The van der Waals surface area contributed by atoms with Gasteiger partial charge in [0.1, 0.15) is 12.3 Å². The van der Waals surface area contributed by atoms with Crippen LogP contribution in [-0.4, -0.2) is 29.0 Å². The molecule has 3 N–H and O–H groups in total. The predicted molar refractivity (Wildman–Crippen MR) is 115 cm³/mol. The zero-order valence-electron chi connectivity index (χ0n) is 17.5. The van der Waals surface area contributed by atoms with Crippen LogP contribution < -0.4 is 10.6 Å². The van der Waals surface area contributed by atoms with E-state index in [1.165, 1.54) is 22.0 Å². The Bertz CT molecular complexity index is 945. The lowest BCUT2D eigenvalue weighted by Gasteiger charge is -2.13. The molecule has 0 radical (unpaired) electrons. The summed E-state index contributed by atoms with van der Waals surface area (Å²) < 4.78 is 5.82. The van der Waals surface area contributed by atoms with Crippen molar-refractivity contribution in [3.63, 3.8) is 0 Å². The van der Waals surface area contributed by atoms with Crippen LogP contribution in [0.5, 0.6) is 0 Å². The van der Waals surface area contributed by atoms with Crippen LogP contribution in [0.3, 0.4) is 0 Å². The summed E-state index contributed by atoms with van der Waals surface area (Å²) in [5, 5.41) is 7.96. The van der Waals surface area contributed by atoms with E-state index in [1.807, 2.05) is 0 Å². The van der Waals surface area contributed by atoms with Gasteiger partial charge in [-0.2, -0.15) is 0 Å². The van der Waals surface area contributed by atoms with Crippen LogP contribution in [0.25, 0.3) is 10.9 Å². The molecule has 0 saturated carbocycles. The summed E-state index contributed by atoms with van der Waals surface area (Å²) in [6.07, 6.45) is 4.81. The second-order valence-corrected chi connectivity index (χ2v) is 8.10. The number of nitrogens with one attached hydrogen (secondary N) is 3. The summed E-state index contributed by atoms with van der Waals surface area (Å²) in [6.45, 7) is 12.5. The first-order chi connectivity index (χ1) is 13.4. The largest absolute Gasteiger partial charge is 0.443 e. The molecule has 2 heterocycles. The summed E-state index contributed by atoms with van der Waals surface area (Å²) >= 11 is 0. The smallest absolute Gasteiger partial charge is 0.216 e. The maximum atomic E-state index is 5.82. The first-order valence-corrected chi connectivity index (χ1v) is 9.91. The van der Waals surface area contributed by atoms with Gasteiger partial charge in [-0.15, -0.1) is 0 Å².